The van der Waals surface area contributed by atoms with Gasteiger partial charge in [-0.25, -0.2) is 8.78 Å². The molecule has 3 aliphatic carbocycles. The van der Waals surface area contributed by atoms with Crippen molar-refractivity contribution in [3.63, 3.8) is 0 Å². The lowest BCUT2D eigenvalue weighted by Gasteiger charge is -2.38. The third kappa shape index (κ3) is 5.66. The molecular formula is C24H38F2O2. The molecule has 4 atom stereocenters. The Bertz CT molecular complexity index is 481. The SMILES string of the molecule is C=CCOC1CCC(OCC2CCC(C3CCC(C=C)CC3)CC2)C(F)C1F. The summed E-state index contributed by atoms with van der Waals surface area (Å²) in [5.41, 5.74) is 0. The fourth-order valence-corrected chi connectivity index (χ4v) is 5.54. The molecule has 28 heavy (non-hydrogen) atoms. The van der Waals surface area contributed by atoms with Gasteiger partial charge in [0, 0.05) is 6.61 Å². The van der Waals surface area contributed by atoms with Crippen molar-refractivity contribution >= 4 is 0 Å². The maximum atomic E-state index is 14.4. The van der Waals surface area contributed by atoms with Crippen LogP contribution in [0.3, 0.4) is 0 Å². The van der Waals surface area contributed by atoms with E-state index >= 15 is 0 Å². The van der Waals surface area contributed by atoms with Gasteiger partial charge in [-0.15, -0.1) is 13.2 Å². The lowest BCUT2D eigenvalue weighted by molar-refractivity contribution is -0.120. The Morgan fingerprint density at radius 3 is 1.79 bits per heavy atom. The van der Waals surface area contributed by atoms with Crippen LogP contribution in [-0.2, 0) is 9.47 Å². The summed E-state index contributed by atoms with van der Waals surface area (Å²) in [6.45, 7) is 8.34. The van der Waals surface area contributed by atoms with E-state index in [4.69, 9.17) is 9.47 Å². The van der Waals surface area contributed by atoms with E-state index in [2.05, 4.69) is 19.2 Å². The molecule has 3 fully saturated rings. The normalized spacial score (nSPS) is 42.1. The molecule has 0 aromatic carbocycles. The van der Waals surface area contributed by atoms with Crippen LogP contribution in [0.1, 0.15) is 64.2 Å². The van der Waals surface area contributed by atoms with Gasteiger partial charge < -0.3 is 9.47 Å². The van der Waals surface area contributed by atoms with Gasteiger partial charge in [0.15, 0.2) is 12.3 Å². The summed E-state index contributed by atoms with van der Waals surface area (Å²) in [6, 6.07) is 0. The van der Waals surface area contributed by atoms with Crippen molar-refractivity contribution in [2.24, 2.45) is 23.7 Å². The maximum absolute atomic E-state index is 14.4. The van der Waals surface area contributed by atoms with Gasteiger partial charge in [-0.1, -0.05) is 12.2 Å². The highest BCUT2D eigenvalue weighted by Crippen LogP contribution is 2.42. The minimum Gasteiger partial charge on any atom is -0.375 e. The Hall–Kier alpha value is -0.740. The first-order chi connectivity index (χ1) is 13.6. The smallest absolute Gasteiger partial charge is 0.160 e. The number of hydrogen-bond acceptors (Lipinski definition) is 2. The molecule has 0 radical (unpaired) electrons. The Kier molecular flexibility index (Phi) is 8.52. The molecule has 4 unspecified atom stereocenters. The lowest BCUT2D eigenvalue weighted by atomic mass is 9.69. The van der Waals surface area contributed by atoms with Crippen molar-refractivity contribution in [3.05, 3.63) is 25.3 Å². The molecule has 0 heterocycles. The molecule has 160 valence electrons. The van der Waals surface area contributed by atoms with Gasteiger partial charge in [0.2, 0.25) is 0 Å². The summed E-state index contributed by atoms with van der Waals surface area (Å²) in [5, 5.41) is 0. The summed E-state index contributed by atoms with van der Waals surface area (Å²) in [5.74, 6) is 2.96. The van der Waals surface area contributed by atoms with E-state index in [0.29, 0.717) is 25.4 Å². The molecule has 0 bridgehead atoms. The van der Waals surface area contributed by atoms with Crippen LogP contribution in [0.2, 0.25) is 0 Å². The summed E-state index contributed by atoms with van der Waals surface area (Å²) in [6.07, 6.45) is 10.5. The number of ether oxygens (including phenoxy) is 2. The van der Waals surface area contributed by atoms with E-state index in [0.717, 1.165) is 17.8 Å². The van der Waals surface area contributed by atoms with Gasteiger partial charge in [0.25, 0.3) is 0 Å². The zero-order chi connectivity index (χ0) is 19.9. The van der Waals surface area contributed by atoms with Crippen LogP contribution in [0.25, 0.3) is 0 Å². The van der Waals surface area contributed by atoms with E-state index in [9.17, 15) is 8.78 Å². The van der Waals surface area contributed by atoms with E-state index in [-0.39, 0.29) is 6.61 Å². The van der Waals surface area contributed by atoms with E-state index in [1.165, 1.54) is 51.4 Å². The third-order valence-electron chi connectivity index (χ3n) is 7.43. The van der Waals surface area contributed by atoms with E-state index in [1.807, 2.05) is 0 Å². The second-order valence-corrected chi connectivity index (χ2v) is 9.19. The average Bonchev–Trinajstić information content (AvgIpc) is 2.74. The lowest BCUT2D eigenvalue weighted by Crippen LogP contribution is -2.47. The molecule has 0 amide bonds. The predicted octanol–water partition coefficient (Wildman–Crippen LogP) is 6.21. The second-order valence-electron chi connectivity index (χ2n) is 9.19. The van der Waals surface area contributed by atoms with Crippen molar-refractivity contribution in [2.75, 3.05) is 13.2 Å². The molecule has 0 saturated heterocycles. The fourth-order valence-electron chi connectivity index (χ4n) is 5.54. The summed E-state index contributed by atoms with van der Waals surface area (Å²) >= 11 is 0. The number of halogens is 2. The molecule has 3 aliphatic rings. The van der Waals surface area contributed by atoms with Crippen LogP contribution < -0.4 is 0 Å². The maximum Gasteiger partial charge on any atom is 0.160 e. The summed E-state index contributed by atoms with van der Waals surface area (Å²) < 4.78 is 39.9. The average molecular weight is 397 g/mol. The van der Waals surface area contributed by atoms with Crippen molar-refractivity contribution in [2.45, 2.75) is 88.8 Å². The zero-order valence-corrected chi connectivity index (χ0v) is 17.2. The third-order valence-corrected chi connectivity index (χ3v) is 7.43. The summed E-state index contributed by atoms with van der Waals surface area (Å²) in [7, 11) is 0. The Morgan fingerprint density at radius 2 is 1.25 bits per heavy atom. The quantitative estimate of drug-likeness (QED) is 0.454. The Balaban J connectivity index is 1.35. The molecule has 0 N–H and O–H groups in total. The number of rotatable bonds is 8. The minimum atomic E-state index is -1.60. The highest BCUT2D eigenvalue weighted by Gasteiger charge is 2.42. The van der Waals surface area contributed by atoms with Gasteiger partial charge >= 0.3 is 0 Å². The first-order valence-electron chi connectivity index (χ1n) is 11.4. The van der Waals surface area contributed by atoms with Crippen LogP contribution >= 0.6 is 0 Å². The first kappa shape index (κ1) is 22.0. The van der Waals surface area contributed by atoms with Crippen LogP contribution in [0.5, 0.6) is 0 Å². The van der Waals surface area contributed by atoms with Crippen molar-refractivity contribution < 1.29 is 18.3 Å². The highest BCUT2D eigenvalue weighted by molar-refractivity contribution is 4.91. The fraction of sp³-hybridized carbons (Fsp3) is 0.833. The van der Waals surface area contributed by atoms with Crippen molar-refractivity contribution in [1.82, 2.24) is 0 Å². The van der Waals surface area contributed by atoms with Crippen LogP contribution in [0.15, 0.2) is 25.3 Å². The van der Waals surface area contributed by atoms with Crippen LogP contribution in [0, 0.1) is 23.7 Å². The Labute approximate surface area is 169 Å². The van der Waals surface area contributed by atoms with E-state index < -0.39 is 24.6 Å². The van der Waals surface area contributed by atoms with Crippen LogP contribution in [-0.4, -0.2) is 37.8 Å². The monoisotopic (exact) mass is 396 g/mol. The van der Waals surface area contributed by atoms with Gasteiger partial charge in [-0.05, 0) is 87.9 Å². The molecule has 0 aromatic heterocycles. The molecule has 0 spiro atoms. The number of alkyl halides is 2. The molecular weight excluding hydrogens is 358 g/mol. The van der Waals surface area contributed by atoms with Crippen molar-refractivity contribution in [3.8, 4) is 0 Å². The molecule has 0 aromatic rings. The van der Waals surface area contributed by atoms with Gasteiger partial charge in [-0.2, -0.15) is 0 Å². The molecule has 4 heteroatoms. The molecule has 3 rings (SSSR count). The zero-order valence-electron chi connectivity index (χ0n) is 17.2. The molecule has 2 nitrogen and oxygen atoms in total. The first-order valence-corrected chi connectivity index (χ1v) is 11.4. The van der Waals surface area contributed by atoms with E-state index in [1.54, 1.807) is 6.08 Å². The second kappa shape index (κ2) is 10.9. The number of hydrogen-bond donors (Lipinski definition) is 0. The standard InChI is InChI=1S/C24H38F2O2/c1-3-15-27-21-13-14-22(24(26)23(21)25)28-16-18-7-11-20(12-8-18)19-9-5-17(4-2)6-10-19/h3-4,17-24H,1-2,5-16H2. The number of allylic oxidation sites excluding steroid dienone is 1. The summed E-state index contributed by atoms with van der Waals surface area (Å²) in [4.78, 5) is 0. The van der Waals surface area contributed by atoms with Crippen molar-refractivity contribution in [1.29, 1.82) is 0 Å². The largest absolute Gasteiger partial charge is 0.375 e. The minimum absolute atomic E-state index is 0.266. The van der Waals surface area contributed by atoms with Gasteiger partial charge in [0.1, 0.15) is 0 Å². The van der Waals surface area contributed by atoms with Crippen LogP contribution in [0.4, 0.5) is 8.78 Å². The predicted molar refractivity (Wildman–Crippen MR) is 110 cm³/mol. The van der Waals surface area contributed by atoms with Gasteiger partial charge in [-0.3, -0.25) is 0 Å². The van der Waals surface area contributed by atoms with Gasteiger partial charge in [0.05, 0.1) is 18.8 Å². The molecule has 3 saturated carbocycles. The highest BCUT2D eigenvalue weighted by atomic mass is 19.2. The molecule has 0 aliphatic heterocycles. The topological polar surface area (TPSA) is 18.5 Å². The Morgan fingerprint density at radius 1 is 0.714 bits per heavy atom.